The molecule has 4 rings (SSSR count). The first-order chi connectivity index (χ1) is 12.6. The van der Waals surface area contributed by atoms with Gasteiger partial charge >= 0.3 is 12.1 Å². The summed E-state index contributed by atoms with van der Waals surface area (Å²) in [5.41, 5.74) is 1.17. The third-order valence-corrected chi connectivity index (χ3v) is 4.50. The van der Waals surface area contributed by atoms with Crippen LogP contribution in [0.2, 0.25) is 0 Å². The molecule has 2 atom stereocenters. The van der Waals surface area contributed by atoms with Gasteiger partial charge in [0.1, 0.15) is 25.0 Å². The van der Waals surface area contributed by atoms with Crippen LogP contribution in [0.15, 0.2) is 18.2 Å². The van der Waals surface area contributed by atoms with Gasteiger partial charge in [0, 0.05) is 18.3 Å². The van der Waals surface area contributed by atoms with Gasteiger partial charge in [-0.1, -0.05) is 0 Å². The van der Waals surface area contributed by atoms with Gasteiger partial charge in [-0.15, -0.1) is 0 Å². The van der Waals surface area contributed by atoms with Crippen LogP contribution in [0.5, 0.6) is 5.75 Å². The van der Waals surface area contributed by atoms with Crippen LogP contribution >= 0.6 is 0 Å². The van der Waals surface area contributed by atoms with Crippen LogP contribution in [0.3, 0.4) is 0 Å². The first-order valence-electron chi connectivity index (χ1n) is 8.42. The van der Waals surface area contributed by atoms with Crippen LogP contribution < -0.4 is 14.5 Å². The Labute approximate surface area is 149 Å². The van der Waals surface area contributed by atoms with E-state index in [0.717, 1.165) is 0 Å². The molecule has 0 aromatic heterocycles. The molecule has 26 heavy (non-hydrogen) atoms. The number of rotatable bonds is 3. The van der Waals surface area contributed by atoms with Crippen LogP contribution in [-0.4, -0.2) is 63.1 Å². The topological polar surface area (TPSA) is 94.6 Å². The maximum Gasteiger partial charge on any atom is 0.414 e. The predicted octanol–water partition coefficient (Wildman–Crippen LogP) is 0.699. The second-order valence-corrected chi connectivity index (χ2v) is 6.06. The summed E-state index contributed by atoms with van der Waals surface area (Å²) in [6, 6.07) is 4.97. The Morgan fingerprint density at radius 1 is 1.27 bits per heavy atom. The van der Waals surface area contributed by atoms with Crippen molar-refractivity contribution in [2.75, 3.05) is 42.8 Å². The lowest BCUT2D eigenvalue weighted by Gasteiger charge is -2.33. The first kappa shape index (κ1) is 16.6. The van der Waals surface area contributed by atoms with Gasteiger partial charge in [-0.2, -0.15) is 0 Å². The monoisotopic (exact) mass is 362 g/mol. The third-order valence-electron chi connectivity index (χ3n) is 4.50. The number of amides is 2. The molecule has 2 saturated heterocycles. The molecule has 9 heteroatoms. The standard InChI is InChI=1S/C17H18N2O7/c1-2-23-16(21)14-15(20)18(5-6-24-14)10-3-4-12-13(7-10)25-8-11-9-26-17(22)19(11)12/h3-4,7,11,14H,2,5-6,8-9H2,1H3. The van der Waals surface area contributed by atoms with Gasteiger partial charge in [0.05, 0.1) is 18.9 Å². The first-order valence-corrected chi connectivity index (χ1v) is 8.42. The number of carbonyl (C=O) groups excluding carboxylic acids is 3. The largest absolute Gasteiger partial charge is 0.489 e. The van der Waals surface area contributed by atoms with Crippen molar-refractivity contribution in [2.45, 2.75) is 19.1 Å². The van der Waals surface area contributed by atoms with Crippen LogP contribution in [0, 0.1) is 0 Å². The Kier molecular flexibility index (Phi) is 4.15. The molecule has 0 saturated carbocycles. The van der Waals surface area contributed by atoms with Crippen molar-refractivity contribution in [3.05, 3.63) is 18.2 Å². The lowest BCUT2D eigenvalue weighted by Crippen LogP contribution is -2.51. The van der Waals surface area contributed by atoms with E-state index in [0.29, 0.717) is 36.9 Å². The summed E-state index contributed by atoms with van der Waals surface area (Å²) in [5.74, 6) is -0.687. The number of nitrogens with zero attached hydrogens (tertiary/aromatic N) is 2. The van der Waals surface area contributed by atoms with Crippen LogP contribution in [0.25, 0.3) is 0 Å². The van der Waals surface area contributed by atoms with Crippen molar-refractivity contribution in [3.8, 4) is 5.75 Å². The van der Waals surface area contributed by atoms with Crippen molar-refractivity contribution >= 4 is 29.3 Å². The van der Waals surface area contributed by atoms with E-state index < -0.39 is 24.1 Å². The number of hydrogen-bond acceptors (Lipinski definition) is 7. The highest BCUT2D eigenvalue weighted by Crippen LogP contribution is 2.39. The second kappa shape index (κ2) is 6.49. The highest BCUT2D eigenvalue weighted by atomic mass is 16.6. The highest BCUT2D eigenvalue weighted by molar-refractivity contribution is 6.09. The van der Waals surface area contributed by atoms with Gasteiger partial charge in [0.25, 0.3) is 5.91 Å². The van der Waals surface area contributed by atoms with Gasteiger partial charge in [0.15, 0.2) is 0 Å². The number of anilines is 2. The number of carbonyl (C=O) groups is 3. The van der Waals surface area contributed by atoms with Crippen molar-refractivity contribution in [1.82, 2.24) is 0 Å². The summed E-state index contributed by atoms with van der Waals surface area (Å²) in [6.07, 6.45) is -1.67. The molecule has 138 valence electrons. The maximum absolute atomic E-state index is 12.6. The zero-order valence-corrected chi connectivity index (χ0v) is 14.2. The summed E-state index contributed by atoms with van der Waals surface area (Å²) >= 11 is 0. The molecule has 1 aromatic rings. The third kappa shape index (κ3) is 2.64. The van der Waals surface area contributed by atoms with Crippen LogP contribution in [0.4, 0.5) is 16.2 Å². The number of morpholine rings is 1. The van der Waals surface area contributed by atoms with Crippen molar-refractivity contribution in [1.29, 1.82) is 0 Å². The fourth-order valence-electron chi connectivity index (χ4n) is 3.28. The average molecular weight is 362 g/mol. The summed E-state index contributed by atoms with van der Waals surface area (Å²) < 4.78 is 21.0. The Balaban J connectivity index is 1.60. The smallest absolute Gasteiger partial charge is 0.414 e. The molecule has 2 fully saturated rings. The molecular weight excluding hydrogens is 344 g/mol. The number of benzene rings is 1. The maximum atomic E-state index is 12.6. The Morgan fingerprint density at radius 3 is 2.88 bits per heavy atom. The highest BCUT2D eigenvalue weighted by Gasteiger charge is 2.41. The summed E-state index contributed by atoms with van der Waals surface area (Å²) in [5, 5.41) is 0. The normalized spacial score (nSPS) is 24.5. The fourth-order valence-corrected chi connectivity index (χ4v) is 3.28. The Hall–Kier alpha value is -2.81. The zero-order chi connectivity index (χ0) is 18.3. The number of cyclic esters (lactones) is 1. The minimum atomic E-state index is -1.27. The van der Waals surface area contributed by atoms with E-state index in [-0.39, 0.29) is 19.3 Å². The van der Waals surface area contributed by atoms with Gasteiger partial charge in [-0.05, 0) is 19.1 Å². The van der Waals surface area contributed by atoms with Gasteiger partial charge in [-0.25, -0.2) is 9.59 Å². The summed E-state index contributed by atoms with van der Waals surface area (Å²) in [6.45, 7) is 2.98. The van der Waals surface area contributed by atoms with E-state index in [1.165, 1.54) is 4.90 Å². The molecule has 1 aromatic carbocycles. The van der Waals surface area contributed by atoms with Crippen LogP contribution in [0.1, 0.15) is 6.92 Å². The molecular formula is C17H18N2O7. The fraction of sp³-hybridized carbons (Fsp3) is 0.471. The van der Waals surface area contributed by atoms with Crippen molar-refractivity contribution in [2.24, 2.45) is 0 Å². The molecule has 9 nitrogen and oxygen atoms in total. The zero-order valence-electron chi connectivity index (χ0n) is 14.2. The summed E-state index contributed by atoms with van der Waals surface area (Å²) in [7, 11) is 0. The minimum Gasteiger partial charge on any atom is -0.489 e. The molecule has 3 aliphatic rings. The van der Waals surface area contributed by atoms with Crippen molar-refractivity contribution in [3.63, 3.8) is 0 Å². The number of fused-ring (bicyclic) bond motifs is 3. The van der Waals surface area contributed by atoms with E-state index in [1.807, 2.05) is 0 Å². The Morgan fingerprint density at radius 2 is 2.08 bits per heavy atom. The SMILES string of the molecule is CCOC(=O)C1OCCN(c2ccc3c(c2)OCC2COC(=O)N32)C1=O. The van der Waals surface area contributed by atoms with Gasteiger partial charge in [0.2, 0.25) is 6.10 Å². The molecule has 2 amide bonds. The van der Waals surface area contributed by atoms with Gasteiger partial charge < -0.3 is 23.8 Å². The molecule has 3 aliphatic heterocycles. The van der Waals surface area contributed by atoms with Crippen LogP contribution in [-0.2, 0) is 23.8 Å². The quantitative estimate of drug-likeness (QED) is 0.577. The van der Waals surface area contributed by atoms with Gasteiger partial charge in [-0.3, -0.25) is 9.69 Å². The molecule has 0 aliphatic carbocycles. The molecule has 3 heterocycles. The molecule has 0 N–H and O–H groups in total. The minimum absolute atomic E-state index is 0.140. The summed E-state index contributed by atoms with van der Waals surface area (Å²) in [4.78, 5) is 39.4. The molecule has 2 unspecified atom stereocenters. The number of ether oxygens (including phenoxy) is 4. The van der Waals surface area contributed by atoms with E-state index in [1.54, 1.807) is 30.0 Å². The Bertz CT molecular complexity index is 765. The predicted molar refractivity (Wildman–Crippen MR) is 88.3 cm³/mol. The van der Waals surface area contributed by atoms with Crippen molar-refractivity contribution < 1.29 is 33.3 Å². The lowest BCUT2D eigenvalue weighted by molar-refractivity contribution is -0.163. The molecule has 0 spiro atoms. The molecule has 0 bridgehead atoms. The molecule has 0 radical (unpaired) electrons. The number of esters is 1. The second-order valence-electron chi connectivity index (χ2n) is 6.06. The van der Waals surface area contributed by atoms with E-state index in [2.05, 4.69) is 0 Å². The average Bonchev–Trinajstić information content (AvgIpc) is 3.03. The van der Waals surface area contributed by atoms with E-state index >= 15 is 0 Å². The number of hydrogen-bond donors (Lipinski definition) is 0. The van der Waals surface area contributed by atoms with E-state index in [4.69, 9.17) is 18.9 Å². The lowest BCUT2D eigenvalue weighted by atomic mass is 10.1. The van der Waals surface area contributed by atoms with E-state index in [9.17, 15) is 14.4 Å².